The van der Waals surface area contributed by atoms with Crippen molar-refractivity contribution in [3.63, 3.8) is 0 Å². The van der Waals surface area contributed by atoms with E-state index < -0.39 is 0 Å². The molecule has 0 aliphatic heterocycles. The van der Waals surface area contributed by atoms with Crippen LogP contribution in [0.4, 0.5) is 0 Å². The van der Waals surface area contributed by atoms with E-state index in [1.54, 1.807) is 0 Å². The van der Waals surface area contributed by atoms with Crippen LogP contribution in [-0.2, 0) is 0 Å². The van der Waals surface area contributed by atoms with Crippen LogP contribution in [-0.4, -0.2) is 5.84 Å². The van der Waals surface area contributed by atoms with Crippen LogP contribution in [0.25, 0.3) is 0 Å². The summed E-state index contributed by atoms with van der Waals surface area (Å²) in [4.78, 5) is 0. The summed E-state index contributed by atoms with van der Waals surface area (Å²) in [6, 6.07) is 0. The zero-order valence-corrected chi connectivity index (χ0v) is 7.02. The number of hydrogen-bond acceptors (Lipinski definition) is 1. The van der Waals surface area contributed by atoms with Crippen LogP contribution in [0.15, 0.2) is 23.8 Å². The van der Waals surface area contributed by atoms with Gasteiger partial charge in [0.1, 0.15) is 5.84 Å². The quantitative estimate of drug-likeness (QED) is 0.435. The molecule has 11 heavy (non-hydrogen) atoms. The van der Waals surface area contributed by atoms with Crippen LogP contribution < -0.4 is 5.73 Å². The van der Waals surface area contributed by atoms with E-state index >= 15 is 0 Å². The van der Waals surface area contributed by atoms with Gasteiger partial charge in [0.05, 0.1) is 0 Å². The fourth-order valence-electron chi connectivity index (χ4n) is 1.02. The molecule has 0 amide bonds. The largest absolute Gasteiger partial charge is 0.387 e. The summed E-state index contributed by atoms with van der Waals surface area (Å²) in [6.45, 7) is 4.03. The van der Waals surface area contributed by atoms with Crippen molar-refractivity contribution >= 4 is 5.84 Å². The highest BCUT2D eigenvalue weighted by Gasteiger charge is 2.24. The first kappa shape index (κ1) is 8.05. The van der Waals surface area contributed by atoms with Gasteiger partial charge in [-0.25, -0.2) is 0 Å². The summed E-state index contributed by atoms with van der Waals surface area (Å²) < 4.78 is 0. The second-order valence-corrected chi connectivity index (χ2v) is 3.32. The third kappa shape index (κ3) is 1.50. The lowest BCUT2D eigenvalue weighted by Gasteiger charge is -2.25. The Hall–Kier alpha value is -1.05. The topological polar surface area (TPSA) is 49.9 Å². The van der Waals surface area contributed by atoms with Crippen LogP contribution in [0.2, 0.25) is 0 Å². The monoisotopic (exact) mass is 150 g/mol. The maximum absolute atomic E-state index is 7.35. The molecule has 1 rings (SSSR count). The zero-order chi connectivity index (χ0) is 8.48. The van der Waals surface area contributed by atoms with Gasteiger partial charge in [-0.3, -0.25) is 5.41 Å². The molecule has 0 saturated heterocycles. The number of nitrogens with two attached hydrogens (primary N) is 1. The van der Waals surface area contributed by atoms with Gasteiger partial charge < -0.3 is 5.73 Å². The summed E-state index contributed by atoms with van der Waals surface area (Å²) in [6.07, 6.45) is 6.99. The van der Waals surface area contributed by atoms with Gasteiger partial charge in [-0.1, -0.05) is 23.8 Å². The van der Waals surface area contributed by atoms with Gasteiger partial charge in [-0.05, 0) is 20.3 Å². The van der Waals surface area contributed by atoms with Crippen molar-refractivity contribution < 1.29 is 0 Å². The van der Waals surface area contributed by atoms with Gasteiger partial charge in [-0.2, -0.15) is 0 Å². The first-order chi connectivity index (χ1) is 5.04. The molecule has 0 aromatic rings. The van der Waals surface area contributed by atoms with Crippen molar-refractivity contribution in [1.82, 2.24) is 0 Å². The molecule has 3 N–H and O–H groups in total. The molecular weight excluding hydrogens is 136 g/mol. The van der Waals surface area contributed by atoms with E-state index in [1.807, 2.05) is 19.1 Å². The van der Waals surface area contributed by atoms with Crippen LogP contribution in [0, 0.1) is 10.8 Å². The van der Waals surface area contributed by atoms with E-state index in [9.17, 15) is 0 Å². The molecule has 0 aromatic carbocycles. The fraction of sp³-hybridized carbons (Fsp3) is 0.444. The molecule has 2 heteroatoms. The standard InChI is InChI=1S/C9H14N2/c1-7-3-5-9(2,6-4-7)8(10)11/h3-5H,6H2,1-2H3,(H3,10,11). The molecular formula is C9H14N2. The first-order valence-electron chi connectivity index (χ1n) is 3.75. The van der Waals surface area contributed by atoms with Crippen LogP contribution in [0.3, 0.4) is 0 Å². The van der Waals surface area contributed by atoms with E-state index in [1.165, 1.54) is 5.57 Å². The maximum atomic E-state index is 7.35. The van der Waals surface area contributed by atoms with E-state index in [-0.39, 0.29) is 11.3 Å². The van der Waals surface area contributed by atoms with Crippen molar-refractivity contribution in [3.05, 3.63) is 23.8 Å². The minimum absolute atomic E-state index is 0.237. The highest BCUT2D eigenvalue weighted by atomic mass is 14.7. The van der Waals surface area contributed by atoms with Gasteiger partial charge in [-0.15, -0.1) is 0 Å². The SMILES string of the molecule is CC1=CCC(C)(C(=N)N)C=C1. The molecule has 1 unspecified atom stereocenters. The number of rotatable bonds is 1. The predicted molar refractivity (Wildman–Crippen MR) is 47.5 cm³/mol. The zero-order valence-electron chi connectivity index (χ0n) is 7.02. The third-order valence-electron chi connectivity index (χ3n) is 2.18. The van der Waals surface area contributed by atoms with Crippen molar-refractivity contribution in [3.8, 4) is 0 Å². The average Bonchev–Trinajstić information content (AvgIpc) is 1.95. The fourth-order valence-corrected chi connectivity index (χ4v) is 1.02. The number of amidine groups is 1. The normalized spacial score (nSPS) is 29.8. The Kier molecular flexibility index (Phi) is 1.85. The van der Waals surface area contributed by atoms with Crippen molar-refractivity contribution in [2.45, 2.75) is 20.3 Å². The van der Waals surface area contributed by atoms with Gasteiger partial charge in [0.25, 0.3) is 0 Å². The Labute approximate surface area is 67.3 Å². The van der Waals surface area contributed by atoms with Gasteiger partial charge >= 0.3 is 0 Å². The van der Waals surface area contributed by atoms with Gasteiger partial charge in [0.2, 0.25) is 0 Å². The number of hydrogen-bond donors (Lipinski definition) is 2. The highest BCUT2D eigenvalue weighted by molar-refractivity contribution is 5.85. The molecule has 0 bridgehead atoms. The Morgan fingerprint density at radius 3 is 2.73 bits per heavy atom. The van der Waals surface area contributed by atoms with E-state index in [0.717, 1.165) is 6.42 Å². The van der Waals surface area contributed by atoms with Crippen molar-refractivity contribution in [2.75, 3.05) is 0 Å². The Morgan fingerprint density at radius 1 is 1.73 bits per heavy atom. The summed E-state index contributed by atoms with van der Waals surface area (Å²) in [5.74, 6) is 0.248. The maximum Gasteiger partial charge on any atom is 0.101 e. The molecule has 0 saturated carbocycles. The van der Waals surface area contributed by atoms with E-state index in [0.29, 0.717) is 0 Å². The molecule has 0 aromatic heterocycles. The van der Waals surface area contributed by atoms with Crippen molar-refractivity contribution in [1.29, 1.82) is 5.41 Å². The Morgan fingerprint density at radius 2 is 2.36 bits per heavy atom. The lowest BCUT2D eigenvalue weighted by atomic mass is 9.81. The summed E-state index contributed by atoms with van der Waals surface area (Å²) >= 11 is 0. The number of nitrogens with one attached hydrogen (secondary N) is 1. The summed E-state index contributed by atoms with van der Waals surface area (Å²) in [5.41, 5.74) is 6.47. The highest BCUT2D eigenvalue weighted by Crippen LogP contribution is 2.28. The molecule has 0 fully saturated rings. The smallest absolute Gasteiger partial charge is 0.101 e. The lowest BCUT2D eigenvalue weighted by molar-refractivity contribution is 0.588. The van der Waals surface area contributed by atoms with Crippen LogP contribution >= 0.6 is 0 Å². The van der Waals surface area contributed by atoms with Gasteiger partial charge in [0, 0.05) is 5.41 Å². The Balaban J connectivity index is 2.82. The Bertz CT molecular complexity index is 238. The molecule has 0 spiro atoms. The molecule has 0 radical (unpaired) electrons. The predicted octanol–water partition coefficient (Wildman–Crippen LogP) is 1.83. The minimum Gasteiger partial charge on any atom is -0.387 e. The van der Waals surface area contributed by atoms with Crippen molar-refractivity contribution in [2.24, 2.45) is 11.1 Å². The summed E-state index contributed by atoms with van der Waals surface area (Å²) in [5, 5.41) is 7.35. The second-order valence-electron chi connectivity index (χ2n) is 3.32. The van der Waals surface area contributed by atoms with Crippen LogP contribution in [0.5, 0.6) is 0 Å². The molecule has 1 aliphatic carbocycles. The lowest BCUT2D eigenvalue weighted by Crippen LogP contribution is -2.32. The second kappa shape index (κ2) is 2.53. The average molecular weight is 150 g/mol. The molecule has 1 atom stereocenters. The third-order valence-corrected chi connectivity index (χ3v) is 2.18. The van der Waals surface area contributed by atoms with Crippen LogP contribution in [0.1, 0.15) is 20.3 Å². The summed E-state index contributed by atoms with van der Waals surface area (Å²) in [7, 11) is 0. The van der Waals surface area contributed by atoms with E-state index in [2.05, 4.69) is 13.0 Å². The molecule has 1 aliphatic rings. The van der Waals surface area contributed by atoms with E-state index in [4.69, 9.17) is 11.1 Å². The molecule has 0 heterocycles. The first-order valence-corrected chi connectivity index (χ1v) is 3.75. The minimum atomic E-state index is -0.237. The number of allylic oxidation sites excluding steroid dienone is 3. The van der Waals surface area contributed by atoms with Gasteiger partial charge in [0.15, 0.2) is 0 Å². The molecule has 60 valence electrons. The molecule has 2 nitrogen and oxygen atoms in total.